The van der Waals surface area contributed by atoms with Crippen molar-refractivity contribution in [3.63, 3.8) is 0 Å². The molecule has 1 atom stereocenters. The monoisotopic (exact) mass is 380 g/mol. The quantitative estimate of drug-likeness (QED) is 0.502. The van der Waals surface area contributed by atoms with Gasteiger partial charge in [-0.2, -0.15) is 0 Å². The molecule has 0 fully saturated rings. The van der Waals surface area contributed by atoms with Gasteiger partial charge < -0.3 is 10.1 Å². The van der Waals surface area contributed by atoms with Gasteiger partial charge in [0.2, 0.25) is 5.91 Å². The van der Waals surface area contributed by atoms with Gasteiger partial charge in [-0.3, -0.25) is 9.69 Å². The van der Waals surface area contributed by atoms with Crippen molar-refractivity contribution in [3.05, 3.63) is 84.4 Å². The first kappa shape index (κ1) is 21.2. The maximum atomic E-state index is 12.5. The van der Waals surface area contributed by atoms with Crippen LogP contribution in [0.25, 0.3) is 0 Å². The maximum Gasteiger partial charge on any atom is 0.411 e. The number of aryl methyl sites for hydroxylation is 1. The standard InChI is InChI=1S/C23H28N2O3/c1-3-17-25(23(27)28-18-21-13-8-5-9-14-21)19(2)22(26)24-16-10-15-20-11-6-4-7-12-20/h3-9,11-14,19H,1,10,15-18H2,2H3,(H,24,26)/t19-/m1/s1. The summed E-state index contributed by atoms with van der Waals surface area (Å²) >= 11 is 0. The van der Waals surface area contributed by atoms with Crippen LogP contribution in [0.5, 0.6) is 0 Å². The Labute approximate surface area is 167 Å². The molecule has 0 aliphatic heterocycles. The average Bonchev–Trinajstić information content (AvgIpc) is 2.74. The van der Waals surface area contributed by atoms with E-state index in [1.54, 1.807) is 13.0 Å². The Hall–Kier alpha value is -3.08. The van der Waals surface area contributed by atoms with Crippen molar-refractivity contribution in [3.8, 4) is 0 Å². The zero-order chi connectivity index (χ0) is 20.2. The summed E-state index contributed by atoms with van der Waals surface area (Å²) in [6.45, 7) is 6.33. The van der Waals surface area contributed by atoms with E-state index in [0.717, 1.165) is 18.4 Å². The van der Waals surface area contributed by atoms with Gasteiger partial charge in [0.1, 0.15) is 12.6 Å². The Balaban J connectivity index is 1.80. The molecular formula is C23H28N2O3. The van der Waals surface area contributed by atoms with Crippen molar-refractivity contribution in [1.82, 2.24) is 10.2 Å². The molecule has 5 heteroatoms. The van der Waals surface area contributed by atoms with Gasteiger partial charge in [-0.1, -0.05) is 66.7 Å². The topological polar surface area (TPSA) is 58.6 Å². The molecule has 0 aromatic heterocycles. The summed E-state index contributed by atoms with van der Waals surface area (Å²) in [4.78, 5) is 26.3. The lowest BCUT2D eigenvalue weighted by atomic mass is 10.1. The molecule has 0 heterocycles. The summed E-state index contributed by atoms with van der Waals surface area (Å²) in [7, 11) is 0. The van der Waals surface area contributed by atoms with Crippen LogP contribution < -0.4 is 5.32 Å². The number of rotatable bonds is 10. The number of nitrogens with one attached hydrogen (secondary N) is 1. The predicted octanol–water partition coefficient (Wildman–Crippen LogP) is 3.95. The Morgan fingerprint density at radius 3 is 2.29 bits per heavy atom. The normalized spacial score (nSPS) is 11.3. The van der Waals surface area contributed by atoms with Gasteiger partial charge in [0, 0.05) is 13.1 Å². The van der Waals surface area contributed by atoms with E-state index in [4.69, 9.17) is 4.74 Å². The second-order valence-corrected chi connectivity index (χ2v) is 6.54. The zero-order valence-corrected chi connectivity index (χ0v) is 16.3. The van der Waals surface area contributed by atoms with Gasteiger partial charge in [0.25, 0.3) is 0 Å². The molecule has 2 aromatic rings. The van der Waals surface area contributed by atoms with Crippen molar-refractivity contribution < 1.29 is 14.3 Å². The first-order valence-corrected chi connectivity index (χ1v) is 9.51. The van der Waals surface area contributed by atoms with E-state index in [1.807, 2.05) is 48.5 Å². The van der Waals surface area contributed by atoms with Crippen molar-refractivity contribution in [2.45, 2.75) is 32.4 Å². The molecule has 0 saturated heterocycles. The lowest BCUT2D eigenvalue weighted by molar-refractivity contribution is -0.125. The Bertz CT molecular complexity index is 747. The summed E-state index contributed by atoms with van der Waals surface area (Å²) in [5.74, 6) is -0.202. The SMILES string of the molecule is C=CCN(C(=O)OCc1ccccc1)[C@H](C)C(=O)NCCCc1ccccc1. The molecular weight excluding hydrogens is 352 g/mol. The van der Waals surface area contributed by atoms with Crippen LogP contribution in [-0.2, 0) is 22.6 Å². The smallest absolute Gasteiger partial charge is 0.411 e. The lowest BCUT2D eigenvalue weighted by Gasteiger charge is -2.26. The number of hydrogen-bond acceptors (Lipinski definition) is 3. The van der Waals surface area contributed by atoms with Crippen molar-refractivity contribution in [2.24, 2.45) is 0 Å². The van der Waals surface area contributed by atoms with E-state index in [1.165, 1.54) is 10.5 Å². The molecule has 0 unspecified atom stereocenters. The van der Waals surface area contributed by atoms with Crippen LogP contribution >= 0.6 is 0 Å². The van der Waals surface area contributed by atoms with Gasteiger partial charge in [-0.05, 0) is 30.9 Å². The van der Waals surface area contributed by atoms with Crippen LogP contribution in [0.15, 0.2) is 73.3 Å². The molecule has 28 heavy (non-hydrogen) atoms. The summed E-state index contributed by atoms with van der Waals surface area (Å²) in [6, 6.07) is 18.9. The Kier molecular flexibility index (Phi) is 8.79. The molecule has 0 radical (unpaired) electrons. The molecule has 0 bridgehead atoms. The van der Waals surface area contributed by atoms with Crippen LogP contribution in [0.4, 0.5) is 4.79 Å². The molecule has 5 nitrogen and oxygen atoms in total. The van der Waals surface area contributed by atoms with Gasteiger partial charge in [-0.25, -0.2) is 4.79 Å². The van der Waals surface area contributed by atoms with E-state index in [-0.39, 0.29) is 19.1 Å². The molecule has 148 valence electrons. The van der Waals surface area contributed by atoms with Gasteiger partial charge in [0.05, 0.1) is 0 Å². The molecule has 0 aliphatic rings. The minimum Gasteiger partial charge on any atom is -0.445 e. The highest BCUT2D eigenvalue weighted by Crippen LogP contribution is 2.07. The van der Waals surface area contributed by atoms with E-state index < -0.39 is 12.1 Å². The highest BCUT2D eigenvalue weighted by molar-refractivity contribution is 5.85. The third-order valence-corrected chi connectivity index (χ3v) is 4.40. The Morgan fingerprint density at radius 1 is 1.07 bits per heavy atom. The van der Waals surface area contributed by atoms with Crippen LogP contribution in [-0.4, -0.2) is 36.0 Å². The minimum absolute atomic E-state index is 0.165. The number of nitrogens with zero attached hydrogens (tertiary/aromatic N) is 1. The van der Waals surface area contributed by atoms with E-state index in [2.05, 4.69) is 24.0 Å². The third-order valence-electron chi connectivity index (χ3n) is 4.40. The minimum atomic E-state index is -0.641. The largest absolute Gasteiger partial charge is 0.445 e. The fourth-order valence-electron chi connectivity index (χ4n) is 2.77. The molecule has 2 aromatic carbocycles. The molecule has 0 aliphatic carbocycles. The van der Waals surface area contributed by atoms with Gasteiger partial charge in [-0.15, -0.1) is 6.58 Å². The number of benzene rings is 2. The van der Waals surface area contributed by atoms with Crippen molar-refractivity contribution in [1.29, 1.82) is 0 Å². The van der Waals surface area contributed by atoms with E-state index in [9.17, 15) is 9.59 Å². The fourth-order valence-corrected chi connectivity index (χ4v) is 2.77. The van der Waals surface area contributed by atoms with Gasteiger partial charge >= 0.3 is 6.09 Å². The summed E-state index contributed by atoms with van der Waals surface area (Å²) in [5.41, 5.74) is 2.13. The number of hydrogen-bond donors (Lipinski definition) is 1. The number of amides is 2. The van der Waals surface area contributed by atoms with Gasteiger partial charge in [0.15, 0.2) is 0 Å². The second kappa shape index (κ2) is 11.6. The summed E-state index contributed by atoms with van der Waals surface area (Å²) in [5, 5.41) is 2.90. The third kappa shape index (κ3) is 6.91. The number of ether oxygens (including phenoxy) is 1. The summed E-state index contributed by atoms with van der Waals surface area (Å²) < 4.78 is 5.36. The molecule has 2 amide bonds. The average molecular weight is 380 g/mol. The molecule has 0 saturated carbocycles. The highest BCUT2D eigenvalue weighted by Gasteiger charge is 2.25. The van der Waals surface area contributed by atoms with Crippen LogP contribution in [0.2, 0.25) is 0 Å². The molecule has 0 spiro atoms. The van der Waals surface area contributed by atoms with Crippen LogP contribution in [0, 0.1) is 0 Å². The summed E-state index contributed by atoms with van der Waals surface area (Å²) in [6.07, 6.45) is 2.78. The van der Waals surface area contributed by atoms with E-state index in [0.29, 0.717) is 6.54 Å². The molecule has 2 rings (SSSR count). The van der Waals surface area contributed by atoms with Crippen molar-refractivity contribution in [2.75, 3.05) is 13.1 Å². The van der Waals surface area contributed by atoms with E-state index >= 15 is 0 Å². The maximum absolute atomic E-state index is 12.5. The molecule has 1 N–H and O–H groups in total. The number of carbonyl (C=O) groups excluding carboxylic acids is 2. The first-order valence-electron chi connectivity index (χ1n) is 9.51. The highest BCUT2D eigenvalue weighted by atomic mass is 16.6. The first-order chi connectivity index (χ1) is 13.6. The fraction of sp³-hybridized carbons (Fsp3) is 0.304. The second-order valence-electron chi connectivity index (χ2n) is 6.54. The number of carbonyl (C=O) groups is 2. The lowest BCUT2D eigenvalue weighted by Crippen LogP contribution is -2.48. The predicted molar refractivity (Wildman–Crippen MR) is 111 cm³/mol. The van der Waals surface area contributed by atoms with Crippen LogP contribution in [0.1, 0.15) is 24.5 Å². The zero-order valence-electron chi connectivity index (χ0n) is 16.3. The van der Waals surface area contributed by atoms with Crippen molar-refractivity contribution >= 4 is 12.0 Å². The van der Waals surface area contributed by atoms with Crippen LogP contribution in [0.3, 0.4) is 0 Å². The Morgan fingerprint density at radius 2 is 1.68 bits per heavy atom.